The molecule has 0 spiro atoms. The quantitative estimate of drug-likeness (QED) is 0.388. The van der Waals surface area contributed by atoms with Gasteiger partial charge in [0.05, 0.1) is 12.1 Å². The van der Waals surface area contributed by atoms with E-state index >= 15 is 0 Å². The fraction of sp³-hybridized carbons (Fsp3) is 0.269. The molecule has 5 nitrogen and oxygen atoms in total. The van der Waals surface area contributed by atoms with E-state index in [9.17, 15) is 22.8 Å². The summed E-state index contributed by atoms with van der Waals surface area (Å²) in [5, 5.41) is 0. The summed E-state index contributed by atoms with van der Waals surface area (Å²) in [7, 11) is 0. The van der Waals surface area contributed by atoms with Crippen molar-refractivity contribution in [1.29, 1.82) is 0 Å². The number of carbonyl (C=O) groups is 2. The van der Waals surface area contributed by atoms with E-state index < -0.39 is 29.2 Å². The molecule has 0 aliphatic heterocycles. The highest BCUT2D eigenvalue weighted by Crippen LogP contribution is 2.30. The van der Waals surface area contributed by atoms with Crippen LogP contribution >= 0.6 is 0 Å². The van der Waals surface area contributed by atoms with Gasteiger partial charge in [0.2, 0.25) is 0 Å². The molecule has 1 aromatic heterocycles. The molecule has 0 fully saturated rings. The summed E-state index contributed by atoms with van der Waals surface area (Å²) < 4.78 is 44.5. The Kier molecular flexibility index (Phi) is 7.39. The fourth-order valence-corrected chi connectivity index (χ4v) is 3.20. The summed E-state index contributed by atoms with van der Waals surface area (Å²) in [5.41, 5.74) is -0.299. The number of carbonyl (C=O) groups excluding carboxylic acids is 2. The summed E-state index contributed by atoms with van der Waals surface area (Å²) in [4.78, 5) is 31.3. The third kappa shape index (κ3) is 6.91. The van der Waals surface area contributed by atoms with Gasteiger partial charge in [0, 0.05) is 18.2 Å². The molecule has 34 heavy (non-hydrogen) atoms. The van der Waals surface area contributed by atoms with Crippen molar-refractivity contribution >= 4 is 17.7 Å². The minimum Gasteiger partial charge on any atom is -0.443 e. The highest BCUT2D eigenvalue weighted by Gasteiger charge is 2.31. The third-order valence-corrected chi connectivity index (χ3v) is 4.76. The monoisotopic (exact) mass is 470 g/mol. The second kappa shape index (κ2) is 10.1. The molecule has 0 radical (unpaired) electrons. The normalized spacial score (nSPS) is 11.7. The van der Waals surface area contributed by atoms with Crippen molar-refractivity contribution < 1.29 is 27.5 Å². The lowest BCUT2D eigenvalue weighted by Crippen LogP contribution is -2.37. The predicted molar refractivity (Wildman–Crippen MR) is 123 cm³/mol. The molecule has 0 saturated heterocycles. The number of Topliss-reactive ketones (excluding diaryl/α,β-unsaturated/α-hetero) is 1. The van der Waals surface area contributed by atoms with Crippen molar-refractivity contribution in [1.82, 2.24) is 4.98 Å². The number of hydrogen-bond donors (Lipinski definition) is 0. The molecule has 178 valence electrons. The van der Waals surface area contributed by atoms with Crippen molar-refractivity contribution in [2.75, 3.05) is 4.90 Å². The van der Waals surface area contributed by atoms with Crippen LogP contribution in [0.3, 0.4) is 0 Å². The highest BCUT2D eigenvalue weighted by molar-refractivity contribution is 5.98. The zero-order valence-corrected chi connectivity index (χ0v) is 19.1. The Hall–Kier alpha value is -3.68. The lowest BCUT2D eigenvalue weighted by molar-refractivity contribution is -0.137. The molecule has 1 heterocycles. The number of nitrogens with zero attached hydrogens (tertiary/aromatic N) is 2. The first kappa shape index (κ1) is 25.0. The summed E-state index contributed by atoms with van der Waals surface area (Å²) in [5.74, 6) is -0.206. The Bertz CT molecular complexity index is 1160. The molecule has 1 amide bonds. The van der Waals surface area contributed by atoms with E-state index in [0.717, 1.165) is 17.7 Å². The molecule has 0 N–H and O–H groups in total. The van der Waals surface area contributed by atoms with Gasteiger partial charge < -0.3 is 4.74 Å². The number of ether oxygens (including phenoxy) is 1. The lowest BCUT2D eigenvalue weighted by atomic mass is 10.0. The number of rotatable bonds is 6. The predicted octanol–water partition coefficient (Wildman–Crippen LogP) is 6.47. The van der Waals surface area contributed by atoms with Gasteiger partial charge >= 0.3 is 12.3 Å². The summed E-state index contributed by atoms with van der Waals surface area (Å²) >= 11 is 0. The second-order valence-electron chi connectivity index (χ2n) is 8.75. The summed E-state index contributed by atoms with van der Waals surface area (Å²) in [6.45, 7) is 5.45. The molecule has 0 saturated carbocycles. The first-order valence-corrected chi connectivity index (χ1v) is 10.6. The van der Waals surface area contributed by atoms with E-state index in [-0.39, 0.29) is 24.3 Å². The molecule has 0 unspecified atom stereocenters. The first-order valence-electron chi connectivity index (χ1n) is 10.6. The van der Waals surface area contributed by atoms with E-state index in [1.54, 1.807) is 32.9 Å². The van der Waals surface area contributed by atoms with Crippen LogP contribution in [-0.2, 0) is 23.9 Å². The Morgan fingerprint density at radius 3 is 2.26 bits per heavy atom. The fourth-order valence-electron chi connectivity index (χ4n) is 3.20. The average molecular weight is 470 g/mol. The van der Waals surface area contributed by atoms with Crippen molar-refractivity contribution in [3.05, 3.63) is 95.2 Å². The van der Waals surface area contributed by atoms with Crippen molar-refractivity contribution in [3.8, 4) is 0 Å². The maximum absolute atomic E-state index is 13.0. The van der Waals surface area contributed by atoms with Crippen LogP contribution in [0.2, 0.25) is 0 Å². The Morgan fingerprint density at radius 2 is 1.62 bits per heavy atom. The summed E-state index contributed by atoms with van der Waals surface area (Å²) in [6, 6.07) is 16.7. The number of amides is 1. The van der Waals surface area contributed by atoms with Crippen molar-refractivity contribution in [2.24, 2.45) is 0 Å². The number of hydrogen-bond acceptors (Lipinski definition) is 4. The van der Waals surface area contributed by atoms with Crippen molar-refractivity contribution in [2.45, 2.75) is 45.5 Å². The maximum atomic E-state index is 13.0. The number of halogens is 3. The van der Waals surface area contributed by atoms with Crippen LogP contribution in [0.5, 0.6) is 0 Å². The van der Waals surface area contributed by atoms with Crippen molar-refractivity contribution in [3.63, 3.8) is 0 Å². The van der Waals surface area contributed by atoms with Gasteiger partial charge in [-0.3, -0.25) is 9.69 Å². The van der Waals surface area contributed by atoms with Crippen LogP contribution in [0.4, 0.5) is 23.8 Å². The molecule has 3 rings (SSSR count). The molecular weight excluding hydrogens is 445 g/mol. The van der Waals surface area contributed by atoms with Crippen LogP contribution in [0.25, 0.3) is 0 Å². The van der Waals surface area contributed by atoms with Gasteiger partial charge in [-0.25, -0.2) is 9.78 Å². The van der Waals surface area contributed by atoms with E-state index in [4.69, 9.17) is 4.74 Å². The standard InChI is InChI=1S/C26H25F3N2O3/c1-25(2,3)34-24(33)31(17-18-8-5-4-6-9-18)23-15-19(12-13-30-23)14-22(32)20-10-7-11-21(16-20)26(27,28)29/h4-13,15-16H,14,17H2,1-3H3. The zero-order valence-electron chi connectivity index (χ0n) is 19.1. The minimum absolute atomic E-state index is 0.0403. The number of benzene rings is 2. The molecule has 0 aliphatic rings. The second-order valence-corrected chi connectivity index (χ2v) is 8.75. The minimum atomic E-state index is -4.54. The van der Waals surface area contributed by atoms with Gasteiger partial charge in [0.25, 0.3) is 0 Å². The van der Waals surface area contributed by atoms with Gasteiger partial charge in [-0.15, -0.1) is 0 Å². The largest absolute Gasteiger partial charge is 0.443 e. The van der Waals surface area contributed by atoms with Crippen LogP contribution in [-0.4, -0.2) is 22.5 Å². The van der Waals surface area contributed by atoms with Gasteiger partial charge in [0.1, 0.15) is 11.4 Å². The van der Waals surface area contributed by atoms with E-state index in [1.165, 1.54) is 23.2 Å². The smallest absolute Gasteiger partial charge is 0.416 e. The topological polar surface area (TPSA) is 59.5 Å². The molecular formula is C26H25F3N2O3. The number of ketones is 1. The van der Waals surface area contributed by atoms with E-state index in [2.05, 4.69) is 4.98 Å². The number of pyridine rings is 1. The number of anilines is 1. The molecule has 3 aromatic rings. The maximum Gasteiger partial charge on any atom is 0.416 e. The molecule has 0 aliphatic carbocycles. The third-order valence-electron chi connectivity index (χ3n) is 4.76. The molecule has 8 heteroatoms. The summed E-state index contributed by atoms with van der Waals surface area (Å²) in [6.07, 6.45) is -3.84. The van der Waals surface area contributed by atoms with Gasteiger partial charge in [0.15, 0.2) is 5.78 Å². The average Bonchev–Trinajstić information content (AvgIpc) is 2.76. The Labute approximate surface area is 196 Å². The first-order chi connectivity index (χ1) is 15.9. The Morgan fingerprint density at radius 1 is 0.912 bits per heavy atom. The van der Waals surface area contributed by atoms with Crippen LogP contribution in [0, 0.1) is 0 Å². The molecule has 2 aromatic carbocycles. The van der Waals surface area contributed by atoms with Crippen LogP contribution < -0.4 is 4.90 Å². The van der Waals surface area contributed by atoms with Gasteiger partial charge in [-0.05, 0) is 56.2 Å². The van der Waals surface area contributed by atoms with E-state index in [0.29, 0.717) is 5.56 Å². The Balaban J connectivity index is 1.86. The van der Waals surface area contributed by atoms with Crippen LogP contribution in [0.15, 0.2) is 72.9 Å². The zero-order chi connectivity index (χ0) is 24.9. The van der Waals surface area contributed by atoms with Crippen LogP contribution in [0.1, 0.15) is 47.8 Å². The van der Waals surface area contributed by atoms with Gasteiger partial charge in [-0.2, -0.15) is 13.2 Å². The molecule has 0 bridgehead atoms. The highest BCUT2D eigenvalue weighted by atomic mass is 19.4. The SMILES string of the molecule is CC(C)(C)OC(=O)N(Cc1ccccc1)c1cc(CC(=O)c2cccc(C(F)(F)F)c2)ccn1. The lowest BCUT2D eigenvalue weighted by Gasteiger charge is -2.27. The van der Waals surface area contributed by atoms with Gasteiger partial charge in [-0.1, -0.05) is 42.5 Å². The number of aromatic nitrogens is 1. The van der Waals surface area contributed by atoms with E-state index in [1.807, 2.05) is 30.3 Å². The number of alkyl halides is 3. The molecule has 0 atom stereocenters.